The maximum Gasteiger partial charge on any atom is 0.407 e. The molecule has 7 nitrogen and oxygen atoms in total. The monoisotopic (exact) mass is 474 g/mol. The van der Waals surface area contributed by atoms with Gasteiger partial charge in [-0.3, -0.25) is 9.59 Å². The molecule has 3 unspecified atom stereocenters. The number of hydrogen-bond donors (Lipinski definition) is 2. The second kappa shape index (κ2) is 8.40. The summed E-state index contributed by atoms with van der Waals surface area (Å²) in [7, 11) is 0. The number of carbonyl (C=O) groups excluding carboxylic acids is 2. The molecule has 35 heavy (non-hydrogen) atoms. The molecule has 0 aromatic heterocycles. The number of ether oxygens (including phenoxy) is 1. The fourth-order valence-corrected chi connectivity index (χ4v) is 6.91. The second-order valence-electron chi connectivity index (χ2n) is 10.6. The Labute approximate surface area is 204 Å². The number of hydrogen-bond acceptors (Lipinski definition) is 4. The predicted octanol–water partition coefficient (Wildman–Crippen LogP) is 4.16. The number of carbonyl (C=O) groups is 3. The number of benzene rings is 2. The largest absolute Gasteiger partial charge is 0.481 e. The minimum atomic E-state index is -0.811. The lowest BCUT2D eigenvalue weighted by atomic mass is 9.74. The topological polar surface area (TPSA) is 95.9 Å². The summed E-state index contributed by atoms with van der Waals surface area (Å²) in [5.41, 5.74) is 4.06. The third-order valence-corrected chi connectivity index (χ3v) is 8.66. The van der Waals surface area contributed by atoms with Gasteiger partial charge in [-0.05, 0) is 47.4 Å². The van der Waals surface area contributed by atoms with Crippen molar-refractivity contribution < 1.29 is 24.2 Å². The van der Waals surface area contributed by atoms with E-state index >= 15 is 0 Å². The summed E-state index contributed by atoms with van der Waals surface area (Å²) in [4.78, 5) is 39.4. The summed E-state index contributed by atoms with van der Waals surface area (Å²) >= 11 is 0. The lowest BCUT2D eigenvalue weighted by Crippen LogP contribution is -2.51. The van der Waals surface area contributed by atoms with Gasteiger partial charge < -0.3 is 20.1 Å². The van der Waals surface area contributed by atoms with Crippen LogP contribution < -0.4 is 5.32 Å². The molecule has 4 fully saturated rings. The fraction of sp³-hybridized carbons (Fsp3) is 0.464. The molecule has 2 aromatic carbocycles. The van der Waals surface area contributed by atoms with Crippen LogP contribution in [-0.4, -0.2) is 52.7 Å². The molecule has 7 heteroatoms. The van der Waals surface area contributed by atoms with E-state index in [-0.39, 0.29) is 36.8 Å². The molecule has 2 heterocycles. The first-order valence-electron chi connectivity index (χ1n) is 12.6. The quantitative estimate of drug-likeness (QED) is 0.656. The summed E-state index contributed by atoms with van der Waals surface area (Å²) in [5, 5.41) is 12.5. The van der Waals surface area contributed by atoms with Gasteiger partial charge in [-0.2, -0.15) is 0 Å². The van der Waals surface area contributed by atoms with E-state index in [1.807, 2.05) is 24.3 Å². The highest BCUT2D eigenvalue weighted by Gasteiger charge is 2.57. The molecule has 5 aliphatic rings. The number of carboxylic acid groups (broad SMARTS) is 1. The highest BCUT2D eigenvalue weighted by Crippen LogP contribution is 2.48. The maximum absolute atomic E-state index is 13.2. The zero-order valence-electron chi connectivity index (χ0n) is 19.6. The van der Waals surface area contributed by atoms with Crippen LogP contribution in [0, 0.1) is 11.8 Å². The van der Waals surface area contributed by atoms with Crippen LogP contribution in [-0.2, 0) is 14.3 Å². The van der Waals surface area contributed by atoms with Gasteiger partial charge in [0.25, 0.3) is 0 Å². The summed E-state index contributed by atoms with van der Waals surface area (Å²) in [6, 6.07) is 16.2. The molecule has 2 saturated heterocycles. The van der Waals surface area contributed by atoms with E-state index < -0.39 is 23.5 Å². The summed E-state index contributed by atoms with van der Waals surface area (Å²) in [6.45, 7) is 0.752. The Morgan fingerprint density at radius 3 is 2.23 bits per heavy atom. The van der Waals surface area contributed by atoms with Crippen LogP contribution >= 0.6 is 0 Å². The number of nitrogens with one attached hydrogen (secondary N) is 1. The summed E-state index contributed by atoms with van der Waals surface area (Å²) in [5.74, 6) is -1.25. The van der Waals surface area contributed by atoms with E-state index in [1.54, 1.807) is 4.90 Å². The lowest BCUT2D eigenvalue weighted by molar-refractivity contribution is -0.148. The van der Waals surface area contributed by atoms with Crippen molar-refractivity contribution in [3.05, 3.63) is 59.7 Å². The normalized spacial score (nSPS) is 25.5. The van der Waals surface area contributed by atoms with Gasteiger partial charge in [0.05, 0.1) is 17.9 Å². The zero-order valence-corrected chi connectivity index (χ0v) is 19.6. The first-order chi connectivity index (χ1) is 17.0. The zero-order chi connectivity index (χ0) is 24.2. The molecular formula is C28H30N2O5. The first-order valence-corrected chi connectivity index (χ1v) is 12.6. The van der Waals surface area contributed by atoms with Gasteiger partial charge in [-0.15, -0.1) is 0 Å². The third-order valence-electron chi connectivity index (χ3n) is 8.66. The summed E-state index contributed by atoms with van der Waals surface area (Å²) in [6.07, 6.45) is 3.83. The van der Waals surface area contributed by atoms with E-state index in [0.717, 1.165) is 43.2 Å². The molecule has 2 N–H and O–H groups in total. The lowest BCUT2D eigenvalue weighted by Gasteiger charge is -2.35. The number of alkyl carbamates (subject to hydrolysis) is 1. The molecule has 182 valence electrons. The summed E-state index contributed by atoms with van der Waals surface area (Å²) < 4.78 is 5.76. The van der Waals surface area contributed by atoms with E-state index in [0.29, 0.717) is 6.54 Å². The van der Waals surface area contributed by atoms with Crippen molar-refractivity contribution >= 4 is 18.0 Å². The van der Waals surface area contributed by atoms with Crippen molar-refractivity contribution in [1.29, 1.82) is 0 Å². The number of carboxylic acids is 1. The molecule has 2 aliphatic heterocycles. The molecule has 0 spiro atoms. The predicted molar refractivity (Wildman–Crippen MR) is 129 cm³/mol. The SMILES string of the molecule is O=C(NC1(CC(=O)N2CC3CC2C3C(=O)O)CCCC1)OCC1c2ccccc2-c2ccccc21. The number of aliphatic carboxylic acids is 1. The Kier molecular flexibility index (Phi) is 5.31. The van der Waals surface area contributed by atoms with Gasteiger partial charge in [-0.1, -0.05) is 61.4 Å². The Bertz CT molecular complexity index is 1140. The van der Waals surface area contributed by atoms with Gasteiger partial charge in [0.15, 0.2) is 0 Å². The molecule has 3 aliphatic carbocycles. The maximum atomic E-state index is 13.2. The molecule has 2 bridgehead atoms. The molecule has 2 amide bonds. The molecule has 0 radical (unpaired) electrons. The van der Waals surface area contributed by atoms with Crippen LogP contribution in [0.2, 0.25) is 0 Å². The molecule has 2 aromatic rings. The van der Waals surface area contributed by atoms with Crippen LogP contribution in [0.4, 0.5) is 4.79 Å². The average Bonchev–Trinajstić information content (AvgIpc) is 3.59. The number of nitrogens with zero attached hydrogens (tertiary/aromatic N) is 1. The standard InChI is InChI=1S/C28H30N2O5/c31-24(30-15-17-13-23(30)25(17)26(32)33)14-28(11-5-6-12-28)29-27(34)35-16-22-20-9-3-1-7-18(20)19-8-2-4-10-21(19)22/h1-4,7-10,17,22-23,25H,5-6,11-16H2,(H,29,34)(H,32,33). The highest BCUT2D eigenvalue weighted by molar-refractivity contribution is 5.83. The van der Waals surface area contributed by atoms with E-state index in [9.17, 15) is 19.5 Å². The fourth-order valence-electron chi connectivity index (χ4n) is 6.91. The second-order valence-corrected chi connectivity index (χ2v) is 10.6. The van der Waals surface area contributed by atoms with Crippen LogP contribution in [0.15, 0.2) is 48.5 Å². The van der Waals surface area contributed by atoms with Crippen LogP contribution in [0.5, 0.6) is 0 Å². The van der Waals surface area contributed by atoms with Crippen molar-refractivity contribution in [3.8, 4) is 11.1 Å². The smallest absolute Gasteiger partial charge is 0.407 e. The minimum Gasteiger partial charge on any atom is -0.481 e. The van der Waals surface area contributed by atoms with Crippen molar-refractivity contribution in [3.63, 3.8) is 0 Å². The van der Waals surface area contributed by atoms with Crippen LogP contribution in [0.1, 0.15) is 55.6 Å². The molecule has 7 rings (SSSR count). The van der Waals surface area contributed by atoms with Crippen molar-refractivity contribution in [2.45, 2.75) is 56.0 Å². The molecule has 3 atom stereocenters. The van der Waals surface area contributed by atoms with E-state index in [2.05, 4.69) is 29.6 Å². The molecule has 2 saturated carbocycles. The Morgan fingerprint density at radius 1 is 1.00 bits per heavy atom. The Morgan fingerprint density at radius 2 is 1.63 bits per heavy atom. The number of fused-ring (bicyclic) bond motifs is 4. The van der Waals surface area contributed by atoms with Gasteiger partial charge in [0.1, 0.15) is 6.61 Å². The van der Waals surface area contributed by atoms with Gasteiger partial charge in [0.2, 0.25) is 5.91 Å². The van der Waals surface area contributed by atoms with E-state index in [1.165, 1.54) is 11.1 Å². The van der Waals surface area contributed by atoms with Crippen molar-refractivity contribution in [2.24, 2.45) is 11.8 Å². The van der Waals surface area contributed by atoms with E-state index in [4.69, 9.17) is 4.74 Å². The number of rotatable bonds is 6. The van der Waals surface area contributed by atoms with Crippen LogP contribution in [0.25, 0.3) is 11.1 Å². The third kappa shape index (κ3) is 3.68. The Balaban J connectivity index is 1.11. The van der Waals surface area contributed by atoms with Gasteiger partial charge in [-0.25, -0.2) is 4.79 Å². The minimum absolute atomic E-state index is 0.0151. The number of amides is 2. The average molecular weight is 475 g/mol. The van der Waals surface area contributed by atoms with Crippen LogP contribution in [0.3, 0.4) is 0 Å². The first kappa shape index (κ1) is 22.1. The van der Waals surface area contributed by atoms with Gasteiger partial charge in [0, 0.05) is 18.5 Å². The molecular weight excluding hydrogens is 444 g/mol. The van der Waals surface area contributed by atoms with Gasteiger partial charge >= 0.3 is 12.1 Å². The highest BCUT2D eigenvalue weighted by atomic mass is 16.5. The van der Waals surface area contributed by atoms with Crippen molar-refractivity contribution in [1.82, 2.24) is 10.2 Å². The Hall–Kier alpha value is -3.35. The van der Waals surface area contributed by atoms with Crippen molar-refractivity contribution in [2.75, 3.05) is 13.2 Å².